The number of halogens is 1. The third-order valence-corrected chi connectivity index (χ3v) is 5.66. The zero-order valence-electron chi connectivity index (χ0n) is 17.2. The molecule has 0 N–H and O–H groups in total. The fourth-order valence-electron chi connectivity index (χ4n) is 3.33. The predicted molar refractivity (Wildman–Crippen MR) is 108 cm³/mol. The third-order valence-electron chi connectivity index (χ3n) is 5.66. The third kappa shape index (κ3) is 4.42. The zero-order valence-corrected chi connectivity index (χ0v) is 17.2. The van der Waals surface area contributed by atoms with E-state index >= 15 is 0 Å². The van der Waals surface area contributed by atoms with E-state index < -0.39 is 18.3 Å². The fourth-order valence-corrected chi connectivity index (χ4v) is 3.33. The van der Waals surface area contributed by atoms with Crippen LogP contribution in [0.2, 0.25) is 0 Å². The minimum atomic E-state index is -0.550. The van der Waals surface area contributed by atoms with Gasteiger partial charge in [0, 0.05) is 13.1 Å². The summed E-state index contributed by atoms with van der Waals surface area (Å²) in [4.78, 5) is 2.19. The molecule has 1 saturated heterocycles. The number of nitrogens with zero attached hydrogens (tertiary/aromatic N) is 1. The Morgan fingerprint density at radius 2 is 1.59 bits per heavy atom. The smallest absolute Gasteiger partial charge is 0.399 e. The van der Waals surface area contributed by atoms with Crippen LogP contribution in [-0.4, -0.2) is 30.3 Å². The van der Waals surface area contributed by atoms with Crippen molar-refractivity contribution in [2.24, 2.45) is 0 Å². The van der Waals surface area contributed by atoms with Gasteiger partial charge in [0.25, 0.3) is 0 Å². The van der Waals surface area contributed by atoms with Gasteiger partial charge in [0.05, 0.1) is 11.2 Å². The van der Waals surface area contributed by atoms with Crippen LogP contribution in [0.4, 0.5) is 4.39 Å². The lowest BCUT2D eigenvalue weighted by atomic mass is 9.78. The van der Waals surface area contributed by atoms with Crippen LogP contribution in [0.5, 0.6) is 0 Å². The van der Waals surface area contributed by atoms with Gasteiger partial charge in [-0.3, -0.25) is 4.90 Å². The van der Waals surface area contributed by atoms with Gasteiger partial charge in [0.15, 0.2) is 0 Å². The Kier molecular flexibility index (Phi) is 5.48. The van der Waals surface area contributed by atoms with E-state index in [0.717, 1.165) is 17.6 Å². The van der Waals surface area contributed by atoms with Crippen LogP contribution in [0.15, 0.2) is 42.5 Å². The molecule has 0 aromatic heterocycles. The highest BCUT2D eigenvalue weighted by molar-refractivity contribution is 6.62. The standard InChI is InChI=1S/C22H29BFNO2/c1-16-9-7-8-10-18(16)15-25(6)14-17-11-19(13-20(24)12-17)23-26-21(2,3)22(4,5)27-23/h7-13H,14-15H2,1-6H3. The van der Waals surface area contributed by atoms with E-state index in [-0.39, 0.29) is 5.82 Å². The fraction of sp³-hybridized carbons (Fsp3) is 0.455. The van der Waals surface area contributed by atoms with Gasteiger partial charge in [-0.25, -0.2) is 4.39 Å². The van der Waals surface area contributed by atoms with E-state index in [1.807, 2.05) is 46.9 Å². The number of hydrogen-bond acceptors (Lipinski definition) is 3. The van der Waals surface area contributed by atoms with E-state index in [1.165, 1.54) is 17.2 Å². The van der Waals surface area contributed by atoms with Gasteiger partial charge < -0.3 is 9.31 Å². The molecule has 0 aliphatic carbocycles. The molecule has 3 rings (SSSR count). The molecule has 5 heteroatoms. The number of hydrogen-bond donors (Lipinski definition) is 0. The summed E-state index contributed by atoms with van der Waals surface area (Å²) in [6.45, 7) is 11.6. The van der Waals surface area contributed by atoms with Crippen molar-refractivity contribution in [2.75, 3.05) is 7.05 Å². The van der Waals surface area contributed by atoms with Crippen LogP contribution in [0.3, 0.4) is 0 Å². The molecule has 1 aliphatic rings. The maximum absolute atomic E-state index is 14.3. The van der Waals surface area contributed by atoms with Crippen LogP contribution >= 0.6 is 0 Å². The van der Waals surface area contributed by atoms with Crippen molar-refractivity contribution in [3.05, 3.63) is 65.0 Å². The van der Waals surface area contributed by atoms with E-state index in [1.54, 1.807) is 6.07 Å². The summed E-state index contributed by atoms with van der Waals surface area (Å²) in [5.41, 5.74) is 3.31. The second-order valence-corrected chi connectivity index (χ2v) is 8.58. The van der Waals surface area contributed by atoms with E-state index in [2.05, 4.69) is 30.0 Å². The Bertz CT molecular complexity index is 806. The first kappa shape index (κ1) is 20.1. The molecule has 0 unspecified atom stereocenters. The first-order valence-corrected chi connectivity index (χ1v) is 9.45. The highest BCUT2D eigenvalue weighted by Crippen LogP contribution is 2.36. The first-order valence-electron chi connectivity index (χ1n) is 9.45. The Morgan fingerprint density at radius 1 is 0.963 bits per heavy atom. The van der Waals surface area contributed by atoms with Gasteiger partial charge in [-0.1, -0.05) is 30.3 Å². The van der Waals surface area contributed by atoms with Gasteiger partial charge in [0.2, 0.25) is 0 Å². The molecule has 0 amide bonds. The SMILES string of the molecule is Cc1ccccc1CN(C)Cc1cc(F)cc(B2OC(C)(C)C(C)(C)O2)c1. The number of aryl methyl sites for hydroxylation is 1. The van der Waals surface area contributed by atoms with Crippen LogP contribution in [0, 0.1) is 12.7 Å². The Labute approximate surface area is 162 Å². The summed E-state index contributed by atoms with van der Waals surface area (Å²) in [5, 5.41) is 0. The topological polar surface area (TPSA) is 21.7 Å². The monoisotopic (exact) mass is 369 g/mol. The molecule has 2 aromatic rings. The second-order valence-electron chi connectivity index (χ2n) is 8.58. The molecule has 0 radical (unpaired) electrons. The van der Waals surface area contributed by atoms with E-state index in [0.29, 0.717) is 6.54 Å². The summed E-state index contributed by atoms with van der Waals surface area (Å²) in [6.07, 6.45) is 0. The van der Waals surface area contributed by atoms with Crippen LogP contribution in [0.25, 0.3) is 0 Å². The highest BCUT2D eigenvalue weighted by Gasteiger charge is 2.51. The molecule has 2 aromatic carbocycles. The van der Waals surface area contributed by atoms with Crippen LogP contribution in [-0.2, 0) is 22.4 Å². The molecular formula is C22H29BFNO2. The quantitative estimate of drug-likeness (QED) is 0.742. The Hall–Kier alpha value is -1.69. The summed E-state index contributed by atoms with van der Waals surface area (Å²) >= 11 is 0. The molecule has 0 saturated carbocycles. The van der Waals surface area contributed by atoms with Gasteiger partial charge >= 0.3 is 7.12 Å². The minimum Gasteiger partial charge on any atom is -0.399 e. The van der Waals surface area contributed by atoms with Crippen LogP contribution in [0.1, 0.15) is 44.4 Å². The van der Waals surface area contributed by atoms with Crippen molar-refractivity contribution in [2.45, 2.75) is 58.9 Å². The molecule has 3 nitrogen and oxygen atoms in total. The number of benzene rings is 2. The van der Waals surface area contributed by atoms with Gasteiger partial charge in [-0.15, -0.1) is 0 Å². The molecule has 0 bridgehead atoms. The van der Waals surface area contributed by atoms with Gasteiger partial charge in [-0.05, 0) is 76.0 Å². The summed E-state index contributed by atoms with van der Waals surface area (Å²) in [7, 11) is 1.50. The van der Waals surface area contributed by atoms with E-state index in [9.17, 15) is 4.39 Å². The minimum absolute atomic E-state index is 0.262. The van der Waals surface area contributed by atoms with Gasteiger partial charge in [-0.2, -0.15) is 0 Å². The van der Waals surface area contributed by atoms with Crippen molar-refractivity contribution < 1.29 is 13.7 Å². The van der Waals surface area contributed by atoms with Crippen molar-refractivity contribution >= 4 is 12.6 Å². The lowest BCUT2D eigenvalue weighted by Crippen LogP contribution is -2.41. The number of rotatable bonds is 5. The molecule has 1 aliphatic heterocycles. The lowest BCUT2D eigenvalue weighted by molar-refractivity contribution is 0.00578. The average molecular weight is 369 g/mol. The maximum Gasteiger partial charge on any atom is 0.494 e. The van der Waals surface area contributed by atoms with Crippen LogP contribution < -0.4 is 5.46 Å². The average Bonchev–Trinajstić information content (AvgIpc) is 2.77. The van der Waals surface area contributed by atoms with Gasteiger partial charge in [0.1, 0.15) is 5.82 Å². The zero-order chi connectivity index (χ0) is 19.8. The largest absolute Gasteiger partial charge is 0.494 e. The van der Waals surface area contributed by atoms with E-state index in [4.69, 9.17) is 9.31 Å². The summed E-state index contributed by atoms with van der Waals surface area (Å²) in [6, 6.07) is 13.4. The van der Waals surface area contributed by atoms with Crippen molar-refractivity contribution in [3.8, 4) is 0 Å². The predicted octanol–water partition coefficient (Wildman–Crippen LogP) is 4.07. The Balaban J connectivity index is 1.75. The summed E-state index contributed by atoms with van der Waals surface area (Å²) < 4.78 is 26.4. The maximum atomic E-state index is 14.3. The Morgan fingerprint density at radius 3 is 2.22 bits per heavy atom. The second kappa shape index (κ2) is 7.38. The molecule has 0 spiro atoms. The normalized spacial score (nSPS) is 18.3. The highest BCUT2D eigenvalue weighted by atomic mass is 19.1. The van der Waals surface area contributed by atoms with Crippen molar-refractivity contribution in [1.82, 2.24) is 4.90 Å². The molecule has 1 fully saturated rings. The summed E-state index contributed by atoms with van der Waals surface area (Å²) in [5.74, 6) is -0.262. The molecule has 0 atom stereocenters. The molecular weight excluding hydrogens is 340 g/mol. The van der Waals surface area contributed by atoms with Crippen molar-refractivity contribution in [3.63, 3.8) is 0 Å². The van der Waals surface area contributed by atoms with Crippen molar-refractivity contribution in [1.29, 1.82) is 0 Å². The molecule has 144 valence electrons. The molecule has 27 heavy (non-hydrogen) atoms. The lowest BCUT2D eigenvalue weighted by Gasteiger charge is -2.32. The first-order chi connectivity index (χ1) is 12.6. The molecule has 1 heterocycles.